The summed E-state index contributed by atoms with van der Waals surface area (Å²) in [5.41, 5.74) is 0. The van der Waals surface area contributed by atoms with Crippen LogP contribution in [0.1, 0.15) is 99.3 Å². The molecule has 1 rings (SSSR count). The molecule has 25 heavy (non-hydrogen) atoms. The van der Waals surface area contributed by atoms with Gasteiger partial charge in [-0.15, -0.1) is 5.92 Å². The van der Waals surface area contributed by atoms with E-state index in [4.69, 9.17) is 0 Å². The molecule has 0 aromatic carbocycles. The smallest absolute Gasteiger partial charge is 0.0202 e. The summed E-state index contributed by atoms with van der Waals surface area (Å²) in [5, 5.41) is 0. The second-order valence-electron chi connectivity index (χ2n) is 8.88. The largest absolute Gasteiger partial charge is 0.103 e. The van der Waals surface area contributed by atoms with Crippen LogP contribution in [0, 0.1) is 47.3 Å². The molecule has 6 atom stereocenters. The highest BCUT2D eigenvalue weighted by molar-refractivity contribution is 5.06. The zero-order valence-corrected chi connectivity index (χ0v) is 18.0. The van der Waals surface area contributed by atoms with Gasteiger partial charge in [0.25, 0.3) is 0 Å². The van der Waals surface area contributed by atoms with E-state index in [1.54, 1.807) is 0 Å². The Labute approximate surface area is 159 Å². The van der Waals surface area contributed by atoms with Crippen molar-refractivity contribution in [3.63, 3.8) is 0 Å². The molecule has 144 valence electrons. The molecule has 1 aliphatic carbocycles. The summed E-state index contributed by atoms with van der Waals surface area (Å²) in [5.74, 6) is 12.1. The van der Waals surface area contributed by atoms with Crippen molar-refractivity contribution in [2.45, 2.75) is 99.3 Å². The van der Waals surface area contributed by atoms with Gasteiger partial charge in [0.2, 0.25) is 0 Å². The van der Waals surface area contributed by atoms with Gasteiger partial charge >= 0.3 is 0 Å². The Morgan fingerprint density at radius 1 is 1.04 bits per heavy atom. The Bertz CT molecular complexity index is 421. The molecule has 0 saturated heterocycles. The van der Waals surface area contributed by atoms with Crippen LogP contribution in [0.2, 0.25) is 0 Å². The van der Waals surface area contributed by atoms with Crippen LogP contribution < -0.4 is 0 Å². The Morgan fingerprint density at radius 2 is 1.80 bits per heavy atom. The van der Waals surface area contributed by atoms with E-state index in [0.717, 1.165) is 36.0 Å². The monoisotopic (exact) mass is 344 g/mol. The quantitative estimate of drug-likeness (QED) is 0.192. The lowest BCUT2D eigenvalue weighted by atomic mass is 9.89. The summed E-state index contributed by atoms with van der Waals surface area (Å²) >= 11 is 0. The van der Waals surface area contributed by atoms with Crippen LogP contribution in [0.3, 0.4) is 0 Å². The van der Waals surface area contributed by atoms with Crippen LogP contribution in [0.15, 0.2) is 12.2 Å². The van der Waals surface area contributed by atoms with Crippen molar-refractivity contribution < 1.29 is 0 Å². The van der Waals surface area contributed by atoms with Crippen LogP contribution in [-0.4, -0.2) is 0 Å². The lowest BCUT2D eigenvalue weighted by molar-refractivity contribution is 0.376. The average molecular weight is 345 g/mol. The second-order valence-corrected chi connectivity index (χ2v) is 8.88. The molecule has 1 saturated carbocycles. The zero-order chi connectivity index (χ0) is 18.7. The Morgan fingerprint density at radius 3 is 2.48 bits per heavy atom. The van der Waals surface area contributed by atoms with Crippen LogP contribution in [0.4, 0.5) is 0 Å². The normalized spacial score (nSPS) is 24.4. The summed E-state index contributed by atoms with van der Waals surface area (Å²) in [7, 11) is 0. The molecule has 0 radical (unpaired) electrons. The summed E-state index contributed by atoms with van der Waals surface area (Å²) in [6.07, 6.45) is 16.4. The highest BCUT2D eigenvalue weighted by Gasteiger charge is 2.41. The molecule has 0 N–H and O–H groups in total. The van der Waals surface area contributed by atoms with E-state index >= 15 is 0 Å². The molecule has 0 heteroatoms. The fourth-order valence-corrected chi connectivity index (χ4v) is 3.88. The molecule has 0 aromatic heterocycles. The third-order valence-corrected chi connectivity index (χ3v) is 6.52. The van der Waals surface area contributed by atoms with E-state index in [1.807, 2.05) is 0 Å². The number of hydrogen-bond acceptors (Lipinski definition) is 0. The molecule has 0 bridgehead atoms. The minimum absolute atomic E-state index is 0.576. The third-order valence-electron chi connectivity index (χ3n) is 6.52. The predicted molar refractivity (Wildman–Crippen MR) is 113 cm³/mol. The van der Waals surface area contributed by atoms with E-state index in [9.17, 15) is 0 Å². The Hall–Kier alpha value is -0.700. The molecule has 6 unspecified atom stereocenters. The minimum atomic E-state index is 0.576. The zero-order valence-electron chi connectivity index (χ0n) is 18.0. The first-order valence-electron chi connectivity index (χ1n) is 11.1. The van der Waals surface area contributed by atoms with Crippen LogP contribution in [0.25, 0.3) is 0 Å². The van der Waals surface area contributed by atoms with Gasteiger partial charge in [0.05, 0.1) is 0 Å². The highest BCUT2D eigenvalue weighted by Crippen LogP contribution is 2.49. The van der Waals surface area contributed by atoms with E-state index in [0.29, 0.717) is 5.92 Å². The molecule has 0 amide bonds. The van der Waals surface area contributed by atoms with Crippen molar-refractivity contribution in [2.24, 2.45) is 35.5 Å². The van der Waals surface area contributed by atoms with Gasteiger partial charge in [0.1, 0.15) is 0 Å². The van der Waals surface area contributed by atoms with Gasteiger partial charge in [-0.05, 0) is 62.2 Å². The van der Waals surface area contributed by atoms with Crippen LogP contribution in [0.5, 0.6) is 0 Å². The molecular formula is C25H44. The Balaban J connectivity index is 2.14. The molecular weight excluding hydrogens is 300 g/mol. The van der Waals surface area contributed by atoms with Gasteiger partial charge in [0, 0.05) is 12.3 Å². The summed E-state index contributed by atoms with van der Waals surface area (Å²) in [4.78, 5) is 0. The van der Waals surface area contributed by atoms with Gasteiger partial charge in [-0.25, -0.2) is 0 Å². The standard InChI is InChI=1S/C25H44/c1-7-9-14-21(4)15-12-10-11-13-16-22(5)23(6)25-19-24(25)18-17-20(3)8-2/h7,9,20-25H,8,10-12,14-15,17-19H2,1-6H3. The highest BCUT2D eigenvalue weighted by atomic mass is 14.5. The van der Waals surface area contributed by atoms with Crippen molar-refractivity contribution in [2.75, 3.05) is 0 Å². The molecule has 1 aliphatic rings. The topological polar surface area (TPSA) is 0 Å². The van der Waals surface area contributed by atoms with E-state index in [-0.39, 0.29) is 0 Å². The van der Waals surface area contributed by atoms with Crippen molar-refractivity contribution in [3.8, 4) is 11.8 Å². The first-order chi connectivity index (χ1) is 12.0. The van der Waals surface area contributed by atoms with Crippen LogP contribution in [-0.2, 0) is 0 Å². The van der Waals surface area contributed by atoms with Crippen molar-refractivity contribution in [1.29, 1.82) is 0 Å². The first kappa shape index (κ1) is 22.3. The van der Waals surface area contributed by atoms with E-state index in [1.165, 1.54) is 51.4 Å². The molecule has 0 heterocycles. The molecule has 0 spiro atoms. The summed E-state index contributed by atoms with van der Waals surface area (Å²) in [6.45, 7) is 14.0. The molecule has 0 nitrogen and oxygen atoms in total. The molecule has 0 aliphatic heterocycles. The number of allylic oxidation sites excluding steroid dienone is 2. The predicted octanol–water partition coefficient (Wildman–Crippen LogP) is 7.89. The van der Waals surface area contributed by atoms with E-state index in [2.05, 4.69) is 65.5 Å². The number of unbranched alkanes of at least 4 members (excludes halogenated alkanes) is 2. The Kier molecular flexibility index (Phi) is 11.3. The van der Waals surface area contributed by atoms with Gasteiger partial charge in [0.15, 0.2) is 0 Å². The maximum Gasteiger partial charge on any atom is 0.0202 e. The van der Waals surface area contributed by atoms with Crippen molar-refractivity contribution in [3.05, 3.63) is 12.2 Å². The second kappa shape index (κ2) is 12.6. The van der Waals surface area contributed by atoms with E-state index < -0.39 is 0 Å². The third kappa shape index (κ3) is 9.53. The summed E-state index contributed by atoms with van der Waals surface area (Å²) in [6, 6.07) is 0. The van der Waals surface area contributed by atoms with Gasteiger partial charge in [-0.2, -0.15) is 0 Å². The first-order valence-corrected chi connectivity index (χ1v) is 11.1. The number of rotatable bonds is 12. The molecule has 0 aromatic rings. The molecule has 1 fully saturated rings. The minimum Gasteiger partial charge on any atom is -0.103 e. The number of hydrogen-bond donors (Lipinski definition) is 0. The van der Waals surface area contributed by atoms with Gasteiger partial charge < -0.3 is 0 Å². The fourth-order valence-electron chi connectivity index (χ4n) is 3.88. The lowest BCUT2D eigenvalue weighted by Gasteiger charge is -2.15. The maximum atomic E-state index is 3.56. The van der Waals surface area contributed by atoms with Gasteiger partial charge in [-0.1, -0.05) is 78.4 Å². The van der Waals surface area contributed by atoms with Gasteiger partial charge in [-0.3, -0.25) is 0 Å². The van der Waals surface area contributed by atoms with Crippen LogP contribution >= 0.6 is 0 Å². The average Bonchev–Trinajstić information content (AvgIpc) is 3.39. The SMILES string of the molecule is CC=CCC(C)CCCCC#CC(C)C(C)C1CC1CCC(C)CC. The van der Waals surface area contributed by atoms with Crippen molar-refractivity contribution in [1.82, 2.24) is 0 Å². The maximum absolute atomic E-state index is 3.56. The lowest BCUT2D eigenvalue weighted by Crippen LogP contribution is -2.09. The summed E-state index contributed by atoms with van der Waals surface area (Å²) < 4.78 is 0. The fraction of sp³-hybridized carbons (Fsp3) is 0.840. The van der Waals surface area contributed by atoms with Crippen molar-refractivity contribution >= 4 is 0 Å².